The molecule has 2 aromatic carbocycles. The lowest BCUT2D eigenvalue weighted by atomic mass is 9.79. The molecule has 3 aromatic rings. The van der Waals surface area contributed by atoms with Gasteiger partial charge in [-0.15, -0.1) is 0 Å². The number of benzene rings is 2. The van der Waals surface area contributed by atoms with E-state index in [1.165, 1.54) is 93.6 Å². The number of ketones is 5. The number of carboxylic acid groups (broad SMARTS) is 1. The number of aromatic hydroxyl groups is 1. The Kier molecular flexibility index (Phi) is 39.9. The molecule has 18 N–H and O–H groups in total. The molecule has 11 amide bonds. The molecule has 1 aliphatic rings. The maximum atomic E-state index is 15.0. The molecule has 0 spiro atoms. The largest absolute Gasteiger partial charge is 0.508 e. The zero-order valence-electron chi connectivity index (χ0n) is 68.5. The number of H-pyrrole nitrogens is 1. The molecular formula is C81H122N14O19. The van der Waals surface area contributed by atoms with Gasteiger partial charge in [0.25, 0.3) is 0 Å². The van der Waals surface area contributed by atoms with Gasteiger partial charge in [0.2, 0.25) is 88.1 Å². The number of primary amides is 2. The zero-order valence-corrected chi connectivity index (χ0v) is 68.5. The number of aliphatic carboxylic acids is 1. The van der Waals surface area contributed by atoms with Crippen LogP contribution in [0.3, 0.4) is 0 Å². The molecule has 0 saturated heterocycles. The van der Waals surface area contributed by atoms with Gasteiger partial charge < -0.3 is 85.1 Å². The molecule has 0 saturated carbocycles. The highest BCUT2D eigenvalue weighted by Crippen LogP contribution is 2.31. The van der Waals surface area contributed by atoms with Gasteiger partial charge in [-0.25, -0.2) is 0 Å². The van der Waals surface area contributed by atoms with Crippen molar-refractivity contribution >= 4 is 111 Å². The van der Waals surface area contributed by atoms with Gasteiger partial charge in [0.1, 0.15) is 52.8 Å². The van der Waals surface area contributed by atoms with Crippen LogP contribution in [0.2, 0.25) is 0 Å². The van der Waals surface area contributed by atoms with Gasteiger partial charge in [-0.05, 0) is 162 Å². The monoisotopic (exact) mass is 1590 g/mol. The smallest absolute Gasteiger partial charge is 0.303 e. The Morgan fingerprint density at radius 2 is 1.18 bits per heavy atom. The van der Waals surface area contributed by atoms with Gasteiger partial charge in [0.15, 0.2) is 0 Å². The number of allylic oxidation sites excluding steroid dienone is 2. The average Bonchev–Trinajstić information content (AvgIpc) is 1.36. The van der Waals surface area contributed by atoms with Gasteiger partial charge in [0, 0.05) is 61.7 Å². The molecule has 0 aliphatic carbocycles. The lowest BCUT2D eigenvalue weighted by Gasteiger charge is -2.34. The van der Waals surface area contributed by atoms with Crippen LogP contribution in [0.4, 0.5) is 0 Å². The minimum Gasteiger partial charge on any atom is -0.508 e. The Morgan fingerprint density at radius 3 is 1.77 bits per heavy atom. The Hall–Kier alpha value is -10.6. The van der Waals surface area contributed by atoms with E-state index in [-0.39, 0.29) is 80.8 Å². The second kappa shape index (κ2) is 46.6. The number of amides is 11. The van der Waals surface area contributed by atoms with Crippen LogP contribution >= 0.6 is 0 Å². The van der Waals surface area contributed by atoms with Gasteiger partial charge in [-0.2, -0.15) is 0 Å². The molecule has 2 heterocycles. The molecule has 3 unspecified atom stereocenters. The summed E-state index contributed by atoms with van der Waals surface area (Å²) in [4.78, 5) is 234. The average molecular weight is 1600 g/mol. The quantitative estimate of drug-likeness (QED) is 0.0385. The van der Waals surface area contributed by atoms with E-state index in [9.17, 15) is 91.7 Å². The number of carbonyl (C=O) groups excluding carboxylic acids is 16. The number of para-hydroxylation sites is 1. The van der Waals surface area contributed by atoms with Crippen molar-refractivity contribution in [3.63, 3.8) is 0 Å². The highest BCUT2D eigenvalue weighted by atomic mass is 16.4. The third kappa shape index (κ3) is 32.5. The van der Waals surface area contributed by atoms with Crippen molar-refractivity contribution in [2.75, 3.05) is 13.6 Å². The van der Waals surface area contributed by atoms with Crippen molar-refractivity contribution in [2.45, 2.75) is 272 Å². The van der Waals surface area contributed by atoms with Crippen LogP contribution < -0.4 is 70.0 Å². The summed E-state index contributed by atoms with van der Waals surface area (Å²) in [5, 5.41) is 50.0. The number of rotatable bonds is 27. The summed E-state index contributed by atoms with van der Waals surface area (Å²) in [6, 6.07) is 0.148. The number of Topliss-reactive ketones (excluding diaryl/α,β-unsaturated/α-hetero) is 5. The Morgan fingerprint density at radius 1 is 0.623 bits per heavy atom. The number of aromatic nitrogens is 1. The summed E-state index contributed by atoms with van der Waals surface area (Å²) < 4.78 is 0. The van der Waals surface area contributed by atoms with Gasteiger partial charge >= 0.3 is 5.97 Å². The first-order valence-electron chi connectivity index (χ1n) is 38.9. The lowest BCUT2D eigenvalue weighted by molar-refractivity contribution is -0.140. The number of hydrogen-bond donors (Lipinski definition) is 16. The molecule has 33 heteroatoms. The van der Waals surface area contributed by atoms with Crippen molar-refractivity contribution in [1.29, 1.82) is 0 Å². The lowest BCUT2D eigenvalue weighted by Crippen LogP contribution is -2.64. The number of fused-ring (bicyclic) bond motifs is 1. The van der Waals surface area contributed by atoms with Crippen molar-refractivity contribution in [2.24, 2.45) is 34.6 Å². The third-order valence-corrected chi connectivity index (χ3v) is 19.8. The van der Waals surface area contributed by atoms with E-state index in [1.54, 1.807) is 51.2 Å². The number of phenolic OH excluding ortho intramolecular Hbond substituents is 1. The van der Waals surface area contributed by atoms with Crippen LogP contribution in [0.25, 0.3) is 10.9 Å². The first-order valence-corrected chi connectivity index (χ1v) is 38.9. The molecule has 1 aromatic heterocycles. The van der Waals surface area contributed by atoms with Crippen molar-refractivity contribution in [1.82, 2.24) is 63.5 Å². The molecule has 0 radical (unpaired) electrons. The third-order valence-electron chi connectivity index (χ3n) is 19.8. The molecular weight excluding hydrogens is 1470 g/mol. The number of likely N-dealkylation sites (N-methyl/N-ethyl adjacent to an activating group) is 1. The number of nitrogens with two attached hydrogens (primary N) is 2. The Bertz CT molecular complexity index is 3930. The molecule has 1 aliphatic heterocycles. The predicted molar refractivity (Wildman–Crippen MR) is 426 cm³/mol. The second-order valence-corrected chi connectivity index (χ2v) is 31.4. The number of carboxylic acids is 1. The highest BCUT2D eigenvalue weighted by molar-refractivity contribution is 6.41. The maximum Gasteiger partial charge on any atom is 0.303 e. The van der Waals surface area contributed by atoms with Crippen LogP contribution in [-0.4, -0.2) is 194 Å². The van der Waals surface area contributed by atoms with Gasteiger partial charge in [-0.1, -0.05) is 96.4 Å². The molecule has 0 bridgehead atoms. The molecule has 12 atom stereocenters. The fraction of sp³-hybridized carbons (Fsp3) is 0.593. The van der Waals surface area contributed by atoms with Crippen LogP contribution in [0, 0.1) is 23.2 Å². The Balaban J connectivity index is 0.00000538. The number of aromatic amines is 1. The fourth-order valence-electron chi connectivity index (χ4n) is 12.4. The van der Waals surface area contributed by atoms with E-state index in [1.807, 2.05) is 26.0 Å². The molecule has 33 nitrogen and oxygen atoms in total. The van der Waals surface area contributed by atoms with E-state index in [4.69, 9.17) is 11.5 Å². The van der Waals surface area contributed by atoms with Crippen LogP contribution in [0.1, 0.15) is 204 Å². The molecule has 0 fully saturated rings. The maximum absolute atomic E-state index is 15.0. The van der Waals surface area contributed by atoms with Crippen molar-refractivity contribution < 1.29 is 91.7 Å². The van der Waals surface area contributed by atoms with E-state index < -0.39 is 184 Å². The minimum absolute atomic E-state index is 0.00600. The molecule has 114 heavy (non-hydrogen) atoms. The molecule has 630 valence electrons. The number of carbonyl (C=O) groups is 17. The summed E-state index contributed by atoms with van der Waals surface area (Å²) >= 11 is 0. The fourth-order valence-corrected chi connectivity index (χ4v) is 12.4. The standard InChI is InChI=1S/C77H113N13O18.C4H9NO/c1-43(2)37-52-42-81-56(31-33-60(78)93)65(99)64(98)47(6)83-70(104)59(39-51-41-80-55-26-22-21-25-54(51)55)87-71(105)58(38-50-27-29-53(92)30-28-50)86-69(103)57(32-34-61(94)95)88-73(107)76(11,40-44(3)91)35-23-19-17-15-14-16-18-20-24-36-77(12,90-68(52)102)74(108)85-49(8)67(101)89-75(9,10)72(106)84-48(7)66(100)82-46(5)63(97)62(96)45(4)79-13;1-3(2)4(5)6/h16,18,21-22,25-30,41,43,45-49,52,56-59,79-81,92H,14-15,17,19-20,23-24,31-40,42H2,1-13H3,(H2,78,93)(H,82,100)(H,83,104)(H,84,106)(H,85,108)(H,86,103)(H,87,105)(H,88,107)(H,89,101)(H,90,102)(H,94,95);3H,1-2H3,(H2,5,6)/b18-16+;/t45-,46-,47?,48?,49-,52+,56-,57-,58?,59-,76-,77-;/m0./s1. The summed E-state index contributed by atoms with van der Waals surface area (Å²) in [6.07, 6.45) is 6.98. The summed E-state index contributed by atoms with van der Waals surface area (Å²) in [6.45, 7) is 20.6. The Labute approximate surface area is 666 Å². The first-order chi connectivity index (χ1) is 53.3. The molecule has 4 rings (SSSR count). The number of phenols is 1. The van der Waals surface area contributed by atoms with Crippen molar-refractivity contribution in [3.8, 4) is 5.75 Å². The van der Waals surface area contributed by atoms with E-state index in [0.717, 1.165) is 0 Å². The zero-order chi connectivity index (χ0) is 86.1. The van der Waals surface area contributed by atoms with Crippen LogP contribution in [0.5, 0.6) is 5.75 Å². The number of nitrogens with one attached hydrogen (secondary N) is 12. The van der Waals surface area contributed by atoms with Crippen LogP contribution in [0.15, 0.2) is 66.9 Å². The van der Waals surface area contributed by atoms with Crippen LogP contribution in [-0.2, 0) is 94.3 Å². The summed E-state index contributed by atoms with van der Waals surface area (Å²) in [5.41, 5.74) is 7.08. The van der Waals surface area contributed by atoms with Gasteiger partial charge in [0.05, 0.1) is 35.5 Å². The van der Waals surface area contributed by atoms with E-state index >= 15 is 0 Å². The highest BCUT2D eigenvalue weighted by Gasteiger charge is 2.42. The predicted octanol–water partition coefficient (Wildman–Crippen LogP) is 2.73. The minimum atomic E-state index is -1.76. The number of hydrogen-bond acceptors (Lipinski definition) is 20. The topological polar surface area (TPSA) is 531 Å². The second-order valence-electron chi connectivity index (χ2n) is 31.4. The first kappa shape index (κ1) is 97.6. The normalized spacial score (nSPS) is 22.7. The summed E-state index contributed by atoms with van der Waals surface area (Å²) in [7, 11) is 1.49. The van der Waals surface area contributed by atoms with E-state index in [2.05, 4.69) is 63.5 Å². The summed E-state index contributed by atoms with van der Waals surface area (Å²) in [5.74, 6) is -15.7. The van der Waals surface area contributed by atoms with Crippen molar-refractivity contribution in [3.05, 3.63) is 78.0 Å². The van der Waals surface area contributed by atoms with E-state index in [0.29, 0.717) is 67.0 Å². The van der Waals surface area contributed by atoms with Gasteiger partial charge in [-0.3, -0.25) is 81.5 Å². The SMILES string of the molecule is CC(C)C(N)=O.CN[C@@H](C)C(=O)C(=O)[C@H](C)NC(=O)C(C)NC(=O)C(C)(C)NC(=O)[C@H](C)NC(=O)[C@]1(C)CCC/C=C/CCCCCC[C@@](C)(CC(C)=O)C(=O)N[C@@H](CCC(=O)O)C(=O)NC(Cc2ccc(O)cc2)C(=O)N[C@@H](Cc2c[nH]c3ccccc23)C(=O)NC(C)C(=O)C(=O)[C@H](CCC(N)=O)NC[C@@H](CC(C)C)C(=O)N1.